The first-order valence-electron chi connectivity index (χ1n) is 11.8. The van der Waals surface area contributed by atoms with Crippen molar-refractivity contribution in [2.24, 2.45) is 0 Å². The lowest BCUT2D eigenvalue weighted by molar-refractivity contribution is -0.136. The molecule has 186 valence electrons. The average Bonchev–Trinajstić information content (AvgIpc) is 2.89. The molecule has 1 saturated heterocycles. The molecule has 1 aliphatic heterocycles. The summed E-state index contributed by atoms with van der Waals surface area (Å²) in [6, 6.07) is 23.2. The molecule has 0 radical (unpaired) electrons. The fourth-order valence-electron chi connectivity index (χ4n) is 3.93. The number of hydrogen-bond donors (Lipinski definition) is 2. The molecule has 3 aromatic rings. The zero-order valence-electron chi connectivity index (χ0n) is 19.8. The zero-order valence-corrected chi connectivity index (χ0v) is 19.8. The smallest absolute Gasteiger partial charge is 0.415 e. The second kappa shape index (κ2) is 11.9. The van der Waals surface area contributed by atoms with Gasteiger partial charge in [-0.15, -0.1) is 0 Å². The predicted octanol–water partition coefficient (Wildman–Crippen LogP) is 4.29. The quantitative estimate of drug-likeness (QED) is 0.490. The number of carboxylic acids is 1. The number of amides is 2. The number of aliphatic carboxylic acids is 1. The molecule has 4 rings (SSSR count). The summed E-state index contributed by atoms with van der Waals surface area (Å²) < 4.78 is 11.5. The van der Waals surface area contributed by atoms with Crippen LogP contribution in [-0.4, -0.2) is 47.2 Å². The van der Waals surface area contributed by atoms with Gasteiger partial charge in [0.2, 0.25) is 0 Å². The van der Waals surface area contributed by atoms with E-state index >= 15 is 0 Å². The van der Waals surface area contributed by atoms with Gasteiger partial charge in [0, 0.05) is 38.0 Å². The molecule has 36 heavy (non-hydrogen) atoms. The minimum Gasteiger partial charge on any atom is -0.490 e. The van der Waals surface area contributed by atoms with Crippen molar-refractivity contribution in [3.8, 4) is 11.5 Å². The zero-order chi connectivity index (χ0) is 25.3. The average molecular weight is 489 g/mol. The number of benzene rings is 3. The van der Waals surface area contributed by atoms with Gasteiger partial charge < -0.3 is 24.8 Å². The van der Waals surface area contributed by atoms with Crippen LogP contribution in [0.25, 0.3) is 0 Å². The van der Waals surface area contributed by atoms with Crippen molar-refractivity contribution >= 4 is 18.0 Å². The first-order chi connectivity index (χ1) is 17.5. The van der Waals surface area contributed by atoms with Gasteiger partial charge >= 0.3 is 12.1 Å². The molecule has 8 heteroatoms. The minimum absolute atomic E-state index is 0.0229. The molecule has 1 fully saturated rings. The number of likely N-dealkylation sites (tertiary alicyclic amines) is 1. The van der Waals surface area contributed by atoms with E-state index in [-0.39, 0.29) is 18.4 Å². The summed E-state index contributed by atoms with van der Waals surface area (Å²) in [5, 5.41) is 11.7. The van der Waals surface area contributed by atoms with E-state index in [4.69, 9.17) is 14.6 Å². The highest BCUT2D eigenvalue weighted by atomic mass is 16.6. The lowest BCUT2D eigenvalue weighted by Crippen LogP contribution is -2.43. The Labute approximate surface area is 209 Å². The topological polar surface area (TPSA) is 105 Å². The Bertz CT molecular complexity index is 1170. The minimum atomic E-state index is -0.872. The molecule has 0 unspecified atom stereocenters. The highest BCUT2D eigenvalue weighted by molar-refractivity contribution is 5.94. The van der Waals surface area contributed by atoms with E-state index < -0.39 is 12.1 Å². The molecule has 0 bridgehead atoms. The van der Waals surface area contributed by atoms with Gasteiger partial charge in [0.05, 0.1) is 6.42 Å². The molecule has 1 aliphatic rings. The number of piperidine rings is 1. The normalized spacial score (nSPS) is 13.6. The highest BCUT2D eigenvalue weighted by Gasteiger charge is 2.25. The van der Waals surface area contributed by atoms with Crippen molar-refractivity contribution < 1.29 is 29.0 Å². The van der Waals surface area contributed by atoms with E-state index in [1.54, 1.807) is 53.4 Å². The molecule has 0 atom stereocenters. The monoisotopic (exact) mass is 488 g/mol. The molecule has 3 aromatic carbocycles. The van der Waals surface area contributed by atoms with Crippen LogP contribution in [-0.2, 0) is 17.8 Å². The maximum atomic E-state index is 12.6. The molecule has 1 heterocycles. The predicted molar refractivity (Wildman–Crippen MR) is 133 cm³/mol. The van der Waals surface area contributed by atoms with Gasteiger partial charge in [0.15, 0.2) is 0 Å². The summed E-state index contributed by atoms with van der Waals surface area (Å²) in [4.78, 5) is 37.4. The van der Waals surface area contributed by atoms with Crippen molar-refractivity contribution in [2.45, 2.75) is 31.9 Å². The van der Waals surface area contributed by atoms with E-state index in [1.165, 1.54) is 0 Å². The van der Waals surface area contributed by atoms with Crippen molar-refractivity contribution in [1.82, 2.24) is 10.2 Å². The van der Waals surface area contributed by atoms with Crippen LogP contribution in [0, 0.1) is 0 Å². The summed E-state index contributed by atoms with van der Waals surface area (Å²) in [6.07, 6.45) is 0.824. The number of nitrogens with one attached hydrogen (secondary N) is 1. The maximum Gasteiger partial charge on any atom is 0.415 e. The van der Waals surface area contributed by atoms with Crippen LogP contribution in [0.15, 0.2) is 78.9 Å². The van der Waals surface area contributed by atoms with Gasteiger partial charge in [-0.1, -0.05) is 42.5 Å². The summed E-state index contributed by atoms with van der Waals surface area (Å²) in [7, 11) is 0. The van der Waals surface area contributed by atoms with Gasteiger partial charge in [-0.05, 0) is 47.5 Å². The van der Waals surface area contributed by atoms with Crippen molar-refractivity contribution in [1.29, 1.82) is 0 Å². The number of nitrogens with zero attached hydrogens (tertiary/aromatic N) is 1. The Kier molecular flexibility index (Phi) is 8.18. The largest absolute Gasteiger partial charge is 0.490 e. The van der Waals surface area contributed by atoms with E-state index in [1.807, 2.05) is 30.3 Å². The molecule has 0 saturated carbocycles. The van der Waals surface area contributed by atoms with Crippen LogP contribution < -0.4 is 14.8 Å². The van der Waals surface area contributed by atoms with E-state index in [0.717, 1.165) is 5.56 Å². The van der Waals surface area contributed by atoms with Crippen LogP contribution in [0.5, 0.6) is 11.5 Å². The van der Waals surface area contributed by atoms with Gasteiger partial charge in [-0.25, -0.2) is 4.79 Å². The van der Waals surface area contributed by atoms with Crippen LogP contribution in [0.4, 0.5) is 4.79 Å². The number of rotatable bonds is 8. The van der Waals surface area contributed by atoms with Crippen molar-refractivity contribution in [2.75, 3.05) is 13.1 Å². The van der Waals surface area contributed by atoms with E-state index in [2.05, 4.69) is 5.32 Å². The summed E-state index contributed by atoms with van der Waals surface area (Å²) in [6.45, 7) is 1.44. The first-order valence-corrected chi connectivity index (χ1v) is 11.8. The van der Waals surface area contributed by atoms with Crippen LogP contribution in [0.1, 0.15) is 34.3 Å². The molecular weight excluding hydrogens is 460 g/mol. The molecule has 0 aromatic heterocycles. The third-order valence-corrected chi connectivity index (χ3v) is 5.90. The number of carbonyl (C=O) groups is 3. The highest BCUT2D eigenvalue weighted by Crippen LogP contribution is 2.21. The second-order valence-electron chi connectivity index (χ2n) is 8.58. The molecule has 8 nitrogen and oxygen atoms in total. The third kappa shape index (κ3) is 7.09. The Morgan fingerprint density at radius 2 is 1.47 bits per heavy atom. The van der Waals surface area contributed by atoms with Gasteiger partial charge in [0.25, 0.3) is 5.91 Å². The van der Waals surface area contributed by atoms with Crippen LogP contribution >= 0.6 is 0 Å². The number of hydrogen-bond acceptors (Lipinski definition) is 5. The Morgan fingerprint density at radius 3 is 2.11 bits per heavy atom. The fraction of sp³-hybridized carbons (Fsp3) is 0.250. The molecule has 2 amide bonds. The molecule has 0 spiro atoms. The lowest BCUT2D eigenvalue weighted by atomic mass is 10.1. The lowest BCUT2D eigenvalue weighted by Gasteiger charge is -2.31. The fourth-order valence-corrected chi connectivity index (χ4v) is 3.93. The van der Waals surface area contributed by atoms with E-state index in [9.17, 15) is 14.4 Å². The number of ether oxygens (including phenoxy) is 2. The maximum absolute atomic E-state index is 12.6. The van der Waals surface area contributed by atoms with Crippen LogP contribution in [0.3, 0.4) is 0 Å². The Morgan fingerprint density at radius 1 is 0.833 bits per heavy atom. The Hall–Kier alpha value is -4.33. The second-order valence-corrected chi connectivity index (χ2v) is 8.58. The third-order valence-electron chi connectivity index (χ3n) is 5.90. The SMILES string of the molecule is O=C(O)Cc1ccc(OC2CCN(C(=O)Oc3ccc(C(=O)NCc4ccccc4)cc3)CC2)cc1. The van der Waals surface area contributed by atoms with Gasteiger partial charge in [-0.3, -0.25) is 9.59 Å². The number of carbonyl (C=O) groups excluding carboxylic acids is 2. The number of carboxylic acid groups (broad SMARTS) is 1. The van der Waals surface area contributed by atoms with Crippen LogP contribution in [0.2, 0.25) is 0 Å². The molecular formula is C28H28N2O6. The van der Waals surface area contributed by atoms with Gasteiger partial charge in [0.1, 0.15) is 17.6 Å². The first kappa shape index (κ1) is 24.8. The summed E-state index contributed by atoms with van der Waals surface area (Å²) in [5.41, 5.74) is 2.21. The van der Waals surface area contributed by atoms with Gasteiger partial charge in [-0.2, -0.15) is 0 Å². The Balaban J connectivity index is 1.20. The molecule has 2 N–H and O–H groups in total. The molecule has 0 aliphatic carbocycles. The standard InChI is InChI=1S/C28H28N2O6/c31-26(32)18-20-6-10-23(11-7-20)35-25-14-16-30(17-15-25)28(34)36-24-12-8-22(9-13-24)27(33)29-19-21-4-2-1-3-5-21/h1-13,25H,14-19H2,(H,29,33)(H,31,32). The van der Waals surface area contributed by atoms with Crippen molar-refractivity contribution in [3.05, 3.63) is 95.6 Å². The van der Waals surface area contributed by atoms with E-state index in [0.29, 0.717) is 55.1 Å². The van der Waals surface area contributed by atoms with Crippen molar-refractivity contribution in [3.63, 3.8) is 0 Å². The summed E-state index contributed by atoms with van der Waals surface area (Å²) >= 11 is 0. The summed E-state index contributed by atoms with van der Waals surface area (Å²) in [5.74, 6) is -0.0176.